The van der Waals surface area contributed by atoms with Crippen LogP contribution < -0.4 is 4.57 Å². The van der Waals surface area contributed by atoms with Crippen LogP contribution >= 0.6 is 0 Å². The van der Waals surface area contributed by atoms with Gasteiger partial charge in [0.2, 0.25) is 5.52 Å². The van der Waals surface area contributed by atoms with Crippen molar-refractivity contribution in [2.24, 2.45) is 7.05 Å². The highest BCUT2D eigenvalue weighted by atomic mass is 15.3. The van der Waals surface area contributed by atoms with Crippen LogP contribution in [0.15, 0.2) is 67.1 Å². The second kappa shape index (κ2) is 4.79. The largest absolute Gasteiger partial charge is 0.298 e. The van der Waals surface area contributed by atoms with Crippen molar-refractivity contribution in [3.8, 4) is 17.1 Å². The molecule has 5 heterocycles. The van der Waals surface area contributed by atoms with Gasteiger partial charge in [-0.3, -0.25) is 9.55 Å². The van der Waals surface area contributed by atoms with Gasteiger partial charge >= 0.3 is 0 Å². The summed E-state index contributed by atoms with van der Waals surface area (Å²) in [5, 5.41) is 1.18. The molecule has 0 spiro atoms. The number of para-hydroxylation sites is 1. The molecule has 0 unspecified atom stereocenters. The van der Waals surface area contributed by atoms with E-state index < -0.39 is 0 Å². The predicted molar refractivity (Wildman–Crippen MR) is 100 cm³/mol. The van der Waals surface area contributed by atoms with E-state index in [9.17, 15) is 0 Å². The van der Waals surface area contributed by atoms with E-state index >= 15 is 0 Å². The molecule has 0 bridgehead atoms. The van der Waals surface area contributed by atoms with Crippen LogP contribution in [0.25, 0.3) is 39.3 Å². The minimum absolute atomic E-state index is 0.859. The minimum atomic E-state index is 0.859. The third-order valence-electron chi connectivity index (χ3n) is 5.33. The summed E-state index contributed by atoms with van der Waals surface area (Å²) in [7, 11) is 2.09. The van der Waals surface area contributed by atoms with E-state index in [2.05, 4.69) is 73.2 Å². The van der Waals surface area contributed by atoms with Crippen molar-refractivity contribution in [2.45, 2.75) is 6.54 Å². The van der Waals surface area contributed by atoms with Gasteiger partial charge in [-0.2, -0.15) is 4.57 Å². The second-order valence-corrected chi connectivity index (χ2v) is 6.72. The molecule has 1 aromatic carbocycles. The van der Waals surface area contributed by atoms with E-state index in [1.807, 2.05) is 24.7 Å². The van der Waals surface area contributed by atoms with Crippen LogP contribution in [0.1, 0.15) is 5.56 Å². The first kappa shape index (κ1) is 13.8. The van der Waals surface area contributed by atoms with Crippen LogP contribution in [0.5, 0.6) is 0 Å². The Morgan fingerprint density at radius 2 is 1.88 bits per heavy atom. The van der Waals surface area contributed by atoms with Crippen molar-refractivity contribution < 1.29 is 4.57 Å². The van der Waals surface area contributed by atoms with Gasteiger partial charge in [0.05, 0.1) is 10.9 Å². The van der Waals surface area contributed by atoms with Crippen LogP contribution in [0.3, 0.4) is 0 Å². The summed E-state index contributed by atoms with van der Waals surface area (Å²) in [6, 6.07) is 16.8. The topological polar surface area (TPSA) is 39.5 Å². The average Bonchev–Trinajstić information content (AvgIpc) is 3.31. The normalized spacial score (nSPS) is 12.7. The first-order valence-corrected chi connectivity index (χ1v) is 8.71. The van der Waals surface area contributed by atoms with Crippen LogP contribution in [0.2, 0.25) is 0 Å². The molecule has 1 aliphatic heterocycles. The molecule has 5 heteroatoms. The molecule has 0 saturated carbocycles. The molecule has 5 nitrogen and oxygen atoms in total. The van der Waals surface area contributed by atoms with Gasteiger partial charge in [0, 0.05) is 31.2 Å². The molecule has 26 heavy (non-hydrogen) atoms. The highest BCUT2D eigenvalue weighted by molar-refractivity contribution is 6.02. The summed E-state index contributed by atoms with van der Waals surface area (Å²) < 4.78 is 6.93. The lowest BCUT2D eigenvalue weighted by atomic mass is 10.1. The molecule has 124 valence electrons. The molecule has 6 rings (SSSR count). The Hall–Kier alpha value is -3.47. The molecule has 0 aliphatic carbocycles. The summed E-state index contributed by atoms with van der Waals surface area (Å²) in [5.74, 6) is 1.19. The number of pyridine rings is 2. The Morgan fingerprint density at radius 3 is 2.77 bits per heavy atom. The highest BCUT2D eigenvalue weighted by Crippen LogP contribution is 2.36. The second-order valence-electron chi connectivity index (χ2n) is 6.72. The minimum Gasteiger partial charge on any atom is -0.292 e. The monoisotopic (exact) mass is 338 g/mol. The number of hydrogen-bond donors (Lipinski definition) is 0. The molecule has 0 saturated heterocycles. The SMILES string of the molecule is Cn1c2ncccc2c2c1n(-c1ccccc1)c1[n+]2Cc2ccncc2-1. The fourth-order valence-corrected chi connectivity index (χ4v) is 4.25. The number of aromatic nitrogens is 5. The van der Waals surface area contributed by atoms with Gasteiger partial charge in [-0.05, 0) is 30.3 Å². The Kier molecular flexibility index (Phi) is 2.54. The maximum absolute atomic E-state index is 4.62. The third-order valence-corrected chi connectivity index (χ3v) is 5.33. The van der Waals surface area contributed by atoms with Crippen LogP contribution in [0.4, 0.5) is 0 Å². The van der Waals surface area contributed by atoms with E-state index in [0.717, 1.165) is 23.5 Å². The van der Waals surface area contributed by atoms with Crippen molar-refractivity contribution in [1.29, 1.82) is 0 Å². The van der Waals surface area contributed by atoms with E-state index in [1.54, 1.807) is 0 Å². The zero-order valence-electron chi connectivity index (χ0n) is 14.3. The lowest BCUT2D eigenvalue weighted by Crippen LogP contribution is -2.31. The summed E-state index contributed by atoms with van der Waals surface area (Å²) in [4.78, 5) is 9.01. The van der Waals surface area contributed by atoms with Crippen LogP contribution in [0, 0.1) is 0 Å². The van der Waals surface area contributed by atoms with Crippen molar-refractivity contribution in [1.82, 2.24) is 19.1 Å². The summed E-state index contributed by atoms with van der Waals surface area (Å²) in [5.41, 5.74) is 7.05. The molecule has 4 aromatic heterocycles. The molecule has 5 aromatic rings. The van der Waals surface area contributed by atoms with Crippen LogP contribution in [-0.4, -0.2) is 19.1 Å². The van der Waals surface area contributed by atoms with Gasteiger partial charge in [-0.15, -0.1) is 0 Å². The molecule has 0 N–H and O–H groups in total. The number of aryl methyl sites for hydroxylation is 1. The summed E-state index contributed by atoms with van der Waals surface area (Å²) in [6.45, 7) is 0.859. The first-order chi connectivity index (χ1) is 12.8. The van der Waals surface area contributed by atoms with Gasteiger partial charge in [0.25, 0.3) is 11.5 Å². The van der Waals surface area contributed by atoms with Gasteiger partial charge < -0.3 is 0 Å². The van der Waals surface area contributed by atoms with Crippen molar-refractivity contribution in [3.63, 3.8) is 0 Å². The van der Waals surface area contributed by atoms with Crippen LogP contribution in [-0.2, 0) is 13.6 Å². The standard InChI is InChI=1S/C21H16N5/c1-24-19-16(8-5-10-23-19)18-21(24)26(15-6-3-2-4-7-15)20-17-12-22-11-9-14(17)13-25(18)20/h2-12H,13H2,1H3/q+1. The smallest absolute Gasteiger partial charge is 0.292 e. The number of benzene rings is 1. The fraction of sp³-hybridized carbons (Fsp3) is 0.0952. The van der Waals surface area contributed by atoms with Gasteiger partial charge in [-0.1, -0.05) is 18.2 Å². The number of hydrogen-bond acceptors (Lipinski definition) is 2. The molecule has 0 atom stereocenters. The van der Waals surface area contributed by atoms with Gasteiger partial charge in [0.15, 0.2) is 0 Å². The van der Waals surface area contributed by atoms with E-state index in [1.165, 1.54) is 27.9 Å². The molecule has 0 fully saturated rings. The number of rotatable bonds is 1. The van der Waals surface area contributed by atoms with E-state index in [0.29, 0.717) is 0 Å². The van der Waals surface area contributed by atoms with Crippen molar-refractivity contribution in [2.75, 3.05) is 0 Å². The Bertz CT molecular complexity index is 1310. The molecule has 1 aliphatic rings. The van der Waals surface area contributed by atoms with Gasteiger partial charge in [0.1, 0.15) is 17.9 Å². The highest BCUT2D eigenvalue weighted by Gasteiger charge is 2.38. The average molecular weight is 338 g/mol. The van der Waals surface area contributed by atoms with Crippen molar-refractivity contribution in [3.05, 3.63) is 72.7 Å². The van der Waals surface area contributed by atoms with Crippen molar-refractivity contribution >= 4 is 22.2 Å². The summed E-state index contributed by atoms with van der Waals surface area (Å²) >= 11 is 0. The Balaban J connectivity index is 1.87. The number of nitrogens with zero attached hydrogens (tertiary/aromatic N) is 5. The lowest BCUT2D eigenvalue weighted by molar-refractivity contribution is -0.645. The Morgan fingerprint density at radius 1 is 1.00 bits per heavy atom. The molecular weight excluding hydrogens is 322 g/mol. The molecule has 0 radical (unpaired) electrons. The van der Waals surface area contributed by atoms with Gasteiger partial charge in [-0.25, -0.2) is 9.55 Å². The predicted octanol–water partition coefficient (Wildman–Crippen LogP) is 3.23. The zero-order chi connectivity index (χ0) is 17.3. The lowest BCUT2D eigenvalue weighted by Gasteiger charge is -2.03. The zero-order valence-corrected chi connectivity index (χ0v) is 14.3. The number of fused-ring (bicyclic) bond motifs is 7. The fourth-order valence-electron chi connectivity index (χ4n) is 4.25. The quantitative estimate of drug-likeness (QED) is 0.432. The molecular formula is C21H16N5+. The number of imidazole rings is 1. The first-order valence-electron chi connectivity index (χ1n) is 8.71. The Labute approximate surface area is 149 Å². The maximum Gasteiger partial charge on any atom is 0.298 e. The summed E-state index contributed by atoms with van der Waals surface area (Å²) in [6.07, 6.45) is 5.71. The van der Waals surface area contributed by atoms with E-state index in [-0.39, 0.29) is 0 Å². The molecule has 0 amide bonds. The van der Waals surface area contributed by atoms with E-state index in [4.69, 9.17) is 0 Å². The maximum atomic E-state index is 4.62. The third kappa shape index (κ3) is 1.57.